The lowest BCUT2D eigenvalue weighted by Crippen LogP contribution is -2.58. The highest BCUT2D eigenvalue weighted by atomic mass is 32.2. The summed E-state index contributed by atoms with van der Waals surface area (Å²) in [6.45, 7) is 6.94. The van der Waals surface area contributed by atoms with Crippen LogP contribution in [0.2, 0.25) is 0 Å². The van der Waals surface area contributed by atoms with Crippen molar-refractivity contribution in [3.8, 4) is 0 Å². The van der Waals surface area contributed by atoms with Crippen molar-refractivity contribution >= 4 is 10.0 Å². The van der Waals surface area contributed by atoms with Gasteiger partial charge < -0.3 is 9.52 Å². The van der Waals surface area contributed by atoms with Gasteiger partial charge in [-0.15, -0.1) is 0 Å². The van der Waals surface area contributed by atoms with Crippen LogP contribution in [0.1, 0.15) is 25.4 Å². The second-order valence-electron chi connectivity index (χ2n) is 5.86. The van der Waals surface area contributed by atoms with Crippen LogP contribution >= 0.6 is 0 Å². The standard InChI is InChI=1S/C13H22N2O4S/c1-10-12(7-11(8-16)19-10)20(17,18)15-6-5-14(4)13(2,3)9-15/h7,16H,5-6,8-9H2,1-4H3. The number of aliphatic hydroxyl groups is 1. The van der Waals surface area contributed by atoms with E-state index < -0.39 is 10.0 Å². The van der Waals surface area contributed by atoms with Crippen LogP contribution in [0.5, 0.6) is 0 Å². The first-order valence-electron chi connectivity index (χ1n) is 6.60. The number of aryl methyl sites for hydroxylation is 1. The molecule has 1 aromatic rings. The summed E-state index contributed by atoms with van der Waals surface area (Å²) < 4.78 is 32.1. The molecule has 1 saturated heterocycles. The number of piperazine rings is 1. The van der Waals surface area contributed by atoms with E-state index in [2.05, 4.69) is 4.90 Å². The van der Waals surface area contributed by atoms with Crippen LogP contribution in [0.25, 0.3) is 0 Å². The normalized spacial score (nSPS) is 21.2. The molecule has 1 aromatic heterocycles. The van der Waals surface area contributed by atoms with Crippen LogP contribution in [-0.2, 0) is 16.6 Å². The number of hydrogen-bond acceptors (Lipinski definition) is 5. The van der Waals surface area contributed by atoms with E-state index in [1.165, 1.54) is 10.4 Å². The van der Waals surface area contributed by atoms with Crippen molar-refractivity contribution < 1.29 is 17.9 Å². The van der Waals surface area contributed by atoms with Gasteiger partial charge in [-0.05, 0) is 27.8 Å². The quantitative estimate of drug-likeness (QED) is 0.894. The monoisotopic (exact) mass is 302 g/mol. The second kappa shape index (κ2) is 5.14. The summed E-state index contributed by atoms with van der Waals surface area (Å²) in [7, 11) is -1.58. The summed E-state index contributed by atoms with van der Waals surface area (Å²) in [6, 6.07) is 1.41. The van der Waals surface area contributed by atoms with Crippen molar-refractivity contribution in [3.05, 3.63) is 17.6 Å². The molecule has 0 radical (unpaired) electrons. The Balaban J connectivity index is 2.33. The molecule has 0 bridgehead atoms. The van der Waals surface area contributed by atoms with Crippen LogP contribution in [0.3, 0.4) is 0 Å². The van der Waals surface area contributed by atoms with E-state index in [1.54, 1.807) is 6.92 Å². The molecule has 0 aromatic carbocycles. The molecule has 0 aliphatic carbocycles. The lowest BCUT2D eigenvalue weighted by Gasteiger charge is -2.44. The molecule has 0 spiro atoms. The first-order valence-corrected chi connectivity index (χ1v) is 8.04. The summed E-state index contributed by atoms with van der Waals surface area (Å²) in [5.41, 5.74) is -0.206. The van der Waals surface area contributed by atoms with Gasteiger partial charge in [-0.1, -0.05) is 0 Å². The molecule has 1 N–H and O–H groups in total. The number of hydrogen-bond donors (Lipinski definition) is 1. The Hall–Kier alpha value is -0.890. The molecular weight excluding hydrogens is 280 g/mol. The number of sulfonamides is 1. The Morgan fingerprint density at radius 2 is 2.05 bits per heavy atom. The van der Waals surface area contributed by atoms with Crippen molar-refractivity contribution in [2.45, 2.75) is 37.8 Å². The molecule has 0 amide bonds. The van der Waals surface area contributed by atoms with Crippen molar-refractivity contribution in [2.75, 3.05) is 26.7 Å². The molecule has 0 unspecified atom stereocenters. The summed E-state index contributed by atoms with van der Waals surface area (Å²) in [6.07, 6.45) is 0. The Morgan fingerprint density at radius 3 is 2.55 bits per heavy atom. The highest BCUT2D eigenvalue weighted by Crippen LogP contribution is 2.28. The molecule has 20 heavy (non-hydrogen) atoms. The Kier molecular flexibility index (Phi) is 3.98. The predicted octanol–water partition coefficient (Wildman–Crippen LogP) is 0.795. The van der Waals surface area contributed by atoms with Gasteiger partial charge >= 0.3 is 0 Å². The summed E-state index contributed by atoms with van der Waals surface area (Å²) in [4.78, 5) is 2.31. The average molecular weight is 302 g/mol. The highest BCUT2D eigenvalue weighted by Gasteiger charge is 2.38. The summed E-state index contributed by atoms with van der Waals surface area (Å²) in [5, 5.41) is 9.06. The molecule has 6 nitrogen and oxygen atoms in total. The summed E-state index contributed by atoms with van der Waals surface area (Å²) in [5.74, 6) is 0.597. The maximum Gasteiger partial charge on any atom is 0.246 e. The van der Waals surface area contributed by atoms with Crippen molar-refractivity contribution in [3.63, 3.8) is 0 Å². The minimum Gasteiger partial charge on any atom is -0.462 e. The van der Waals surface area contributed by atoms with Crippen LogP contribution in [0.4, 0.5) is 0 Å². The van der Waals surface area contributed by atoms with Gasteiger partial charge in [-0.2, -0.15) is 4.31 Å². The molecule has 7 heteroatoms. The topological polar surface area (TPSA) is 74.0 Å². The van der Waals surface area contributed by atoms with Gasteiger partial charge in [0.25, 0.3) is 0 Å². The maximum absolute atomic E-state index is 12.7. The second-order valence-corrected chi connectivity index (χ2v) is 7.77. The third-order valence-corrected chi connectivity index (χ3v) is 5.93. The first kappa shape index (κ1) is 15.5. The zero-order valence-corrected chi connectivity index (χ0v) is 13.2. The molecule has 0 saturated carbocycles. The molecule has 1 fully saturated rings. The number of aliphatic hydroxyl groups excluding tert-OH is 1. The molecule has 1 aliphatic heterocycles. The lowest BCUT2D eigenvalue weighted by molar-refractivity contribution is 0.0801. The van der Waals surface area contributed by atoms with Crippen molar-refractivity contribution in [2.24, 2.45) is 0 Å². The highest BCUT2D eigenvalue weighted by molar-refractivity contribution is 7.89. The van der Waals surface area contributed by atoms with Gasteiger partial charge in [0.15, 0.2) is 0 Å². The minimum absolute atomic E-state index is 0.155. The fraction of sp³-hybridized carbons (Fsp3) is 0.692. The van der Waals surface area contributed by atoms with Crippen LogP contribution in [-0.4, -0.2) is 55.0 Å². The lowest BCUT2D eigenvalue weighted by atomic mass is 10.0. The van der Waals surface area contributed by atoms with Crippen LogP contribution in [0.15, 0.2) is 15.4 Å². The summed E-state index contributed by atoms with van der Waals surface area (Å²) >= 11 is 0. The van der Waals surface area contributed by atoms with E-state index in [0.717, 1.165) is 0 Å². The molecule has 2 heterocycles. The van der Waals surface area contributed by atoms with Crippen molar-refractivity contribution in [1.82, 2.24) is 9.21 Å². The average Bonchev–Trinajstić information content (AvgIpc) is 2.74. The third-order valence-electron chi connectivity index (χ3n) is 3.98. The van der Waals surface area contributed by atoms with Gasteiger partial charge in [0.05, 0.1) is 0 Å². The first-order chi connectivity index (χ1) is 9.18. The van der Waals surface area contributed by atoms with Gasteiger partial charge in [0, 0.05) is 31.2 Å². The number of furan rings is 1. The Morgan fingerprint density at radius 1 is 1.40 bits per heavy atom. The van der Waals surface area contributed by atoms with Crippen LogP contribution < -0.4 is 0 Å². The Bertz CT molecular complexity index is 592. The van der Waals surface area contributed by atoms with Gasteiger partial charge in [0.2, 0.25) is 10.0 Å². The number of likely N-dealkylation sites (N-methyl/N-ethyl adjacent to an activating group) is 1. The largest absolute Gasteiger partial charge is 0.462 e. The fourth-order valence-corrected chi connectivity index (χ4v) is 4.17. The zero-order valence-electron chi connectivity index (χ0n) is 12.4. The van der Waals surface area contributed by atoms with Crippen LogP contribution in [0, 0.1) is 6.92 Å². The molecule has 0 atom stereocenters. The van der Waals surface area contributed by atoms with Gasteiger partial charge in [-0.3, -0.25) is 4.90 Å². The fourth-order valence-electron chi connectivity index (χ4n) is 2.40. The van der Waals surface area contributed by atoms with E-state index in [4.69, 9.17) is 9.52 Å². The molecule has 114 valence electrons. The smallest absolute Gasteiger partial charge is 0.246 e. The predicted molar refractivity (Wildman–Crippen MR) is 74.8 cm³/mol. The minimum atomic E-state index is -3.57. The van der Waals surface area contributed by atoms with Gasteiger partial charge in [-0.25, -0.2) is 8.42 Å². The maximum atomic E-state index is 12.7. The SMILES string of the molecule is Cc1oc(CO)cc1S(=O)(=O)N1CCN(C)C(C)(C)C1. The molecular formula is C13H22N2O4S. The third kappa shape index (κ3) is 2.63. The van der Waals surface area contributed by atoms with E-state index in [1.807, 2.05) is 20.9 Å². The van der Waals surface area contributed by atoms with Crippen molar-refractivity contribution in [1.29, 1.82) is 0 Å². The van der Waals surface area contributed by atoms with E-state index in [-0.39, 0.29) is 22.8 Å². The van der Waals surface area contributed by atoms with E-state index in [9.17, 15) is 8.42 Å². The number of rotatable bonds is 3. The van der Waals surface area contributed by atoms with E-state index in [0.29, 0.717) is 25.4 Å². The number of nitrogens with zero attached hydrogens (tertiary/aromatic N) is 2. The van der Waals surface area contributed by atoms with Gasteiger partial charge in [0.1, 0.15) is 23.0 Å². The zero-order chi connectivity index (χ0) is 15.1. The van der Waals surface area contributed by atoms with E-state index >= 15 is 0 Å². The molecule has 2 rings (SSSR count). The Labute approximate surface area is 120 Å². The molecule has 1 aliphatic rings.